The Morgan fingerprint density at radius 2 is 2.33 bits per heavy atom. The highest BCUT2D eigenvalue weighted by atomic mass is 16.1. The molecule has 0 bridgehead atoms. The van der Waals surface area contributed by atoms with Crippen molar-refractivity contribution in [1.29, 1.82) is 0 Å². The van der Waals surface area contributed by atoms with Gasteiger partial charge in [-0.25, -0.2) is 0 Å². The molecule has 0 amide bonds. The van der Waals surface area contributed by atoms with Crippen molar-refractivity contribution in [1.82, 2.24) is 0 Å². The Bertz CT molecular complexity index is 338. The highest BCUT2D eigenvalue weighted by molar-refractivity contribution is 5.79. The molecule has 1 aliphatic rings. The molecule has 0 aromatic carbocycles. The summed E-state index contributed by atoms with van der Waals surface area (Å²) < 4.78 is 60.4. The van der Waals surface area contributed by atoms with Gasteiger partial charge in [0.15, 0.2) is 0 Å². The van der Waals surface area contributed by atoms with Crippen LogP contribution in [-0.4, -0.2) is 5.78 Å². The Labute approximate surface area is 67.7 Å². The fourth-order valence-electron chi connectivity index (χ4n) is 0.591. The number of Topliss-reactive ketones (excluding diaryl/α,β-unsaturated/α-hetero) is 1. The highest BCUT2D eigenvalue weighted by Gasteiger charge is 2.25. The minimum atomic E-state index is -3.20. The maximum atomic E-state index is 11.7. The standard InChI is InChI=1S/C8H14O/c1-8(2)5-3-4-7(9)6-8/h3-6H2,1-2H3/i3D2,4D2,5D2,6D2. The first-order valence-electron chi connectivity index (χ1n) is 6.70. The average molecular weight is 134 g/mol. The predicted molar refractivity (Wildman–Crippen MR) is 37.3 cm³/mol. The van der Waals surface area contributed by atoms with Crippen LogP contribution in [-0.2, 0) is 4.79 Å². The third-order valence-corrected chi connectivity index (χ3v) is 0.977. The molecule has 0 radical (unpaired) electrons. The third kappa shape index (κ3) is 1.81. The van der Waals surface area contributed by atoms with Crippen LogP contribution in [0.5, 0.6) is 0 Å². The first kappa shape index (κ1) is 1.84. The van der Waals surface area contributed by atoms with Crippen LogP contribution in [0.25, 0.3) is 0 Å². The van der Waals surface area contributed by atoms with Gasteiger partial charge in [0.2, 0.25) is 0 Å². The molecule has 0 N–H and O–H groups in total. The zero-order valence-electron chi connectivity index (χ0n) is 13.4. The summed E-state index contributed by atoms with van der Waals surface area (Å²) in [6.07, 6.45) is -11.9. The van der Waals surface area contributed by atoms with Gasteiger partial charge >= 0.3 is 0 Å². The number of ketones is 1. The Hall–Kier alpha value is -0.330. The second-order valence-corrected chi connectivity index (χ2v) is 2.45. The molecule has 0 heterocycles. The second-order valence-electron chi connectivity index (χ2n) is 2.45. The molecule has 0 aliphatic heterocycles. The molecule has 0 saturated heterocycles. The van der Waals surface area contributed by atoms with Crippen molar-refractivity contribution in [2.75, 3.05) is 0 Å². The van der Waals surface area contributed by atoms with Crippen molar-refractivity contribution in [2.45, 2.75) is 39.3 Å². The molecule has 9 heavy (non-hydrogen) atoms. The molecule has 52 valence electrons. The third-order valence-electron chi connectivity index (χ3n) is 0.977. The van der Waals surface area contributed by atoms with Gasteiger partial charge < -0.3 is 0 Å². The van der Waals surface area contributed by atoms with Crippen molar-refractivity contribution in [3.63, 3.8) is 0 Å². The number of hydrogen-bond donors (Lipinski definition) is 0. The maximum Gasteiger partial charge on any atom is 0.133 e. The molecule has 0 aromatic heterocycles. The molecule has 0 atom stereocenters. The molecule has 1 saturated carbocycles. The molecule has 0 unspecified atom stereocenters. The minimum absolute atomic E-state index is 1.10. The summed E-state index contributed by atoms with van der Waals surface area (Å²) in [5.41, 5.74) is -1.97. The van der Waals surface area contributed by atoms with Crippen molar-refractivity contribution >= 4 is 5.78 Å². The molecular formula is C8H14O. The van der Waals surface area contributed by atoms with Crippen molar-refractivity contribution in [3.8, 4) is 0 Å². The van der Waals surface area contributed by atoms with Crippen LogP contribution in [0.15, 0.2) is 0 Å². The van der Waals surface area contributed by atoms with Gasteiger partial charge in [0.05, 0.1) is 0 Å². The molecule has 1 heteroatoms. The van der Waals surface area contributed by atoms with E-state index in [4.69, 9.17) is 11.0 Å². The SMILES string of the molecule is [2H]C1([2H])C(=O)C([2H])([2H])C(C)(C)C([2H])([2H])C1([2H])[2H]. The van der Waals surface area contributed by atoms with E-state index in [-0.39, 0.29) is 0 Å². The quantitative estimate of drug-likeness (QED) is 0.496. The smallest absolute Gasteiger partial charge is 0.133 e. The zero-order valence-corrected chi connectivity index (χ0v) is 5.41. The Kier molecular flexibility index (Phi) is 0.434. The van der Waals surface area contributed by atoms with Gasteiger partial charge in [-0.3, -0.25) is 4.79 Å². The summed E-state index contributed by atoms with van der Waals surface area (Å²) in [4.78, 5) is 11.7. The van der Waals surface area contributed by atoms with E-state index in [2.05, 4.69) is 0 Å². The Morgan fingerprint density at radius 3 is 3.00 bits per heavy atom. The summed E-state index contributed by atoms with van der Waals surface area (Å²) >= 11 is 0. The molecule has 0 aromatic rings. The fourth-order valence-corrected chi connectivity index (χ4v) is 0.591. The maximum absolute atomic E-state index is 11.7. The monoisotopic (exact) mass is 134 g/mol. The van der Waals surface area contributed by atoms with Crippen LogP contribution >= 0.6 is 0 Å². The van der Waals surface area contributed by atoms with E-state index in [1.165, 1.54) is 0 Å². The van der Waals surface area contributed by atoms with E-state index in [0.29, 0.717) is 0 Å². The number of hydrogen-bond acceptors (Lipinski definition) is 1. The molecule has 0 spiro atoms. The van der Waals surface area contributed by atoms with Crippen LogP contribution in [0.3, 0.4) is 0 Å². The molecule has 1 rings (SSSR count). The van der Waals surface area contributed by atoms with Gasteiger partial charge in [-0.1, -0.05) is 13.8 Å². The van der Waals surface area contributed by atoms with Gasteiger partial charge in [0, 0.05) is 23.7 Å². The average Bonchev–Trinajstić information content (AvgIpc) is 2.13. The lowest BCUT2D eigenvalue weighted by Gasteiger charge is -2.27. The summed E-state index contributed by atoms with van der Waals surface area (Å²) in [5, 5.41) is 0. The summed E-state index contributed by atoms with van der Waals surface area (Å²) in [7, 11) is 0. The molecule has 1 fully saturated rings. The number of carbonyl (C=O) groups excluding carboxylic acids is 1. The molecule has 1 aliphatic carbocycles. The number of rotatable bonds is 0. The highest BCUT2D eigenvalue weighted by Crippen LogP contribution is 2.32. The van der Waals surface area contributed by atoms with Crippen molar-refractivity contribution in [3.05, 3.63) is 0 Å². The summed E-state index contributed by atoms with van der Waals surface area (Å²) in [5.74, 6) is -1.55. The van der Waals surface area contributed by atoms with Gasteiger partial charge in [-0.05, 0) is 18.2 Å². The van der Waals surface area contributed by atoms with E-state index in [1.54, 1.807) is 0 Å². The first-order valence-corrected chi connectivity index (χ1v) is 2.70. The largest absolute Gasteiger partial charge is 0.300 e. The van der Waals surface area contributed by atoms with E-state index in [1.807, 2.05) is 0 Å². The lowest BCUT2D eigenvalue weighted by Crippen LogP contribution is -2.21. The van der Waals surface area contributed by atoms with E-state index < -0.39 is 36.7 Å². The first-order chi connectivity index (χ1) is 7.15. The zero-order chi connectivity index (χ0) is 14.1. The normalized spacial score (nSPS) is 61.8. The van der Waals surface area contributed by atoms with Crippen LogP contribution in [0, 0.1) is 5.41 Å². The van der Waals surface area contributed by atoms with Crippen LogP contribution in [0.1, 0.15) is 50.3 Å². The van der Waals surface area contributed by atoms with Crippen molar-refractivity contribution < 1.29 is 15.8 Å². The van der Waals surface area contributed by atoms with Gasteiger partial charge in [0.25, 0.3) is 0 Å². The molecule has 1 nitrogen and oxygen atoms in total. The van der Waals surface area contributed by atoms with Crippen molar-refractivity contribution in [2.24, 2.45) is 5.41 Å². The van der Waals surface area contributed by atoms with Crippen LogP contribution < -0.4 is 0 Å². The van der Waals surface area contributed by atoms with Crippen LogP contribution in [0.4, 0.5) is 0 Å². The Morgan fingerprint density at radius 1 is 1.67 bits per heavy atom. The molecular weight excluding hydrogens is 112 g/mol. The van der Waals surface area contributed by atoms with Gasteiger partial charge in [0.1, 0.15) is 5.78 Å². The second kappa shape index (κ2) is 2.13. The van der Waals surface area contributed by atoms with Gasteiger partial charge in [-0.15, -0.1) is 0 Å². The van der Waals surface area contributed by atoms with E-state index in [0.717, 1.165) is 13.8 Å². The summed E-state index contributed by atoms with van der Waals surface area (Å²) in [6, 6.07) is 0. The van der Waals surface area contributed by atoms with E-state index >= 15 is 0 Å². The minimum Gasteiger partial charge on any atom is -0.300 e. The summed E-state index contributed by atoms with van der Waals surface area (Å²) in [6.45, 7) is 2.19. The Balaban J connectivity index is 3.62. The fraction of sp³-hybridized carbons (Fsp3) is 0.875. The van der Waals surface area contributed by atoms with Crippen LogP contribution in [0.2, 0.25) is 0 Å². The topological polar surface area (TPSA) is 17.1 Å². The van der Waals surface area contributed by atoms with Gasteiger partial charge in [-0.2, -0.15) is 0 Å². The lowest BCUT2D eigenvalue weighted by molar-refractivity contribution is -0.122. The predicted octanol–water partition coefficient (Wildman–Crippen LogP) is 2.16. The number of carbonyl (C=O) groups is 1. The lowest BCUT2D eigenvalue weighted by atomic mass is 9.77. The van der Waals surface area contributed by atoms with E-state index in [9.17, 15) is 4.79 Å².